The van der Waals surface area contributed by atoms with E-state index < -0.39 is 0 Å². The summed E-state index contributed by atoms with van der Waals surface area (Å²) in [6.45, 7) is 5.42. The predicted octanol–water partition coefficient (Wildman–Crippen LogP) is 3.72. The van der Waals surface area contributed by atoms with E-state index in [0.29, 0.717) is 13.1 Å². The number of nitrogens with two attached hydrogens (primary N) is 2. The molecule has 2 aromatic carbocycles. The average molecular weight is 296 g/mol. The molecule has 0 spiro atoms. The number of azo groups is 1. The van der Waals surface area contributed by atoms with Crippen molar-refractivity contribution < 1.29 is 0 Å². The van der Waals surface area contributed by atoms with Gasteiger partial charge in [0.15, 0.2) is 0 Å². The van der Waals surface area contributed by atoms with E-state index in [1.54, 1.807) is 0 Å². The Morgan fingerprint density at radius 1 is 0.727 bits per heavy atom. The van der Waals surface area contributed by atoms with Crippen molar-refractivity contribution >= 4 is 11.4 Å². The van der Waals surface area contributed by atoms with Crippen LogP contribution in [0.5, 0.6) is 0 Å². The first-order chi connectivity index (χ1) is 10.6. The van der Waals surface area contributed by atoms with E-state index >= 15 is 0 Å². The Bertz CT molecular complexity index is 605. The number of hydrogen-bond acceptors (Lipinski definition) is 4. The van der Waals surface area contributed by atoms with Crippen molar-refractivity contribution in [2.45, 2.75) is 26.7 Å². The van der Waals surface area contributed by atoms with Gasteiger partial charge in [-0.2, -0.15) is 10.2 Å². The van der Waals surface area contributed by atoms with Crippen LogP contribution in [0.1, 0.15) is 22.3 Å². The maximum atomic E-state index is 5.58. The van der Waals surface area contributed by atoms with E-state index in [2.05, 4.69) is 34.5 Å². The summed E-state index contributed by atoms with van der Waals surface area (Å²) in [5.41, 5.74) is 17.7. The molecule has 0 saturated heterocycles. The SMILES string of the molecule is Cc1cc(CCN)ccc1N=Nc1ccc(CCN)cc1C. The highest BCUT2D eigenvalue weighted by Crippen LogP contribution is 2.25. The van der Waals surface area contributed by atoms with Crippen LogP contribution < -0.4 is 11.5 Å². The third kappa shape index (κ3) is 4.23. The third-order valence-corrected chi connectivity index (χ3v) is 3.65. The van der Waals surface area contributed by atoms with Gasteiger partial charge in [0.1, 0.15) is 0 Å². The van der Waals surface area contributed by atoms with Crippen LogP contribution in [0.2, 0.25) is 0 Å². The maximum Gasteiger partial charge on any atom is 0.0886 e. The Hall–Kier alpha value is -2.04. The summed E-state index contributed by atoms with van der Waals surface area (Å²) in [4.78, 5) is 0. The predicted molar refractivity (Wildman–Crippen MR) is 92.1 cm³/mol. The molecule has 0 fully saturated rings. The van der Waals surface area contributed by atoms with E-state index in [1.807, 2.05) is 26.0 Å². The van der Waals surface area contributed by atoms with Crippen molar-refractivity contribution in [3.8, 4) is 0 Å². The lowest BCUT2D eigenvalue weighted by atomic mass is 10.1. The van der Waals surface area contributed by atoms with Crippen molar-refractivity contribution in [3.63, 3.8) is 0 Å². The van der Waals surface area contributed by atoms with E-state index in [4.69, 9.17) is 11.5 Å². The largest absolute Gasteiger partial charge is 0.330 e. The zero-order valence-electron chi connectivity index (χ0n) is 13.3. The summed E-state index contributed by atoms with van der Waals surface area (Å²) in [6, 6.07) is 12.4. The van der Waals surface area contributed by atoms with Crippen molar-refractivity contribution in [3.05, 3.63) is 58.7 Å². The molecule has 4 heteroatoms. The molecule has 0 atom stereocenters. The fraction of sp³-hybridized carbons (Fsp3) is 0.333. The highest BCUT2D eigenvalue weighted by molar-refractivity contribution is 5.50. The molecule has 0 aliphatic carbocycles. The number of nitrogens with zero attached hydrogens (tertiary/aromatic N) is 2. The minimum absolute atomic E-state index is 0.661. The van der Waals surface area contributed by atoms with E-state index in [-0.39, 0.29) is 0 Å². The van der Waals surface area contributed by atoms with Gasteiger partial charge in [-0.3, -0.25) is 0 Å². The van der Waals surface area contributed by atoms with Gasteiger partial charge in [0.05, 0.1) is 11.4 Å². The molecule has 0 amide bonds. The van der Waals surface area contributed by atoms with Gasteiger partial charge in [-0.15, -0.1) is 0 Å². The Balaban J connectivity index is 2.18. The van der Waals surface area contributed by atoms with Crippen LogP contribution in [0, 0.1) is 13.8 Å². The van der Waals surface area contributed by atoms with Crippen molar-refractivity contribution in [2.75, 3.05) is 13.1 Å². The van der Waals surface area contributed by atoms with Crippen LogP contribution in [0.3, 0.4) is 0 Å². The van der Waals surface area contributed by atoms with Crippen LogP contribution in [0.15, 0.2) is 46.6 Å². The van der Waals surface area contributed by atoms with E-state index in [1.165, 1.54) is 11.1 Å². The van der Waals surface area contributed by atoms with Gasteiger partial charge in [-0.1, -0.05) is 24.3 Å². The molecule has 0 heterocycles. The minimum atomic E-state index is 0.661. The Kier molecular flexibility index (Phi) is 5.81. The van der Waals surface area contributed by atoms with Crippen LogP contribution in [-0.2, 0) is 12.8 Å². The summed E-state index contributed by atoms with van der Waals surface area (Å²) in [7, 11) is 0. The average Bonchev–Trinajstić information content (AvgIpc) is 2.49. The lowest BCUT2D eigenvalue weighted by Crippen LogP contribution is -2.02. The quantitative estimate of drug-likeness (QED) is 0.797. The third-order valence-electron chi connectivity index (χ3n) is 3.65. The number of aryl methyl sites for hydroxylation is 2. The summed E-state index contributed by atoms with van der Waals surface area (Å²) in [5, 5.41) is 8.77. The standard InChI is InChI=1S/C18H24N4/c1-13-11-15(7-9-19)3-5-17(13)21-22-18-6-4-16(8-10-20)12-14(18)2/h3-6,11-12H,7-10,19-20H2,1-2H3. The minimum Gasteiger partial charge on any atom is -0.330 e. The summed E-state index contributed by atoms with van der Waals surface area (Å²) >= 11 is 0. The highest BCUT2D eigenvalue weighted by Gasteiger charge is 2.01. The molecular weight excluding hydrogens is 272 g/mol. The molecular formula is C18H24N4. The Labute approximate surface area is 132 Å². The number of benzene rings is 2. The molecule has 2 aromatic rings. The van der Waals surface area contributed by atoms with Crippen molar-refractivity contribution in [1.29, 1.82) is 0 Å². The van der Waals surface area contributed by atoms with Gasteiger partial charge in [0.2, 0.25) is 0 Å². The molecule has 0 radical (unpaired) electrons. The van der Waals surface area contributed by atoms with Gasteiger partial charge in [0.25, 0.3) is 0 Å². The van der Waals surface area contributed by atoms with Gasteiger partial charge >= 0.3 is 0 Å². The smallest absolute Gasteiger partial charge is 0.0886 e. The molecule has 116 valence electrons. The van der Waals surface area contributed by atoms with Crippen LogP contribution in [0.4, 0.5) is 11.4 Å². The van der Waals surface area contributed by atoms with Crippen LogP contribution >= 0.6 is 0 Å². The molecule has 0 aliphatic rings. The fourth-order valence-electron chi connectivity index (χ4n) is 2.41. The zero-order chi connectivity index (χ0) is 15.9. The number of hydrogen-bond donors (Lipinski definition) is 2. The number of rotatable bonds is 6. The van der Waals surface area contributed by atoms with Crippen molar-refractivity contribution in [2.24, 2.45) is 21.7 Å². The monoisotopic (exact) mass is 296 g/mol. The summed E-state index contributed by atoms with van der Waals surface area (Å²) < 4.78 is 0. The first-order valence-corrected chi connectivity index (χ1v) is 7.65. The summed E-state index contributed by atoms with van der Waals surface area (Å²) in [5.74, 6) is 0. The molecule has 0 aliphatic heterocycles. The first-order valence-electron chi connectivity index (χ1n) is 7.65. The van der Waals surface area contributed by atoms with E-state index in [9.17, 15) is 0 Å². The highest BCUT2D eigenvalue weighted by atomic mass is 15.1. The maximum absolute atomic E-state index is 5.58. The van der Waals surface area contributed by atoms with Crippen molar-refractivity contribution in [1.82, 2.24) is 0 Å². The Morgan fingerprint density at radius 2 is 1.14 bits per heavy atom. The molecule has 0 aromatic heterocycles. The summed E-state index contributed by atoms with van der Waals surface area (Å²) in [6.07, 6.45) is 1.78. The second-order valence-electron chi connectivity index (χ2n) is 5.52. The molecule has 4 nitrogen and oxygen atoms in total. The fourth-order valence-corrected chi connectivity index (χ4v) is 2.41. The molecule has 4 N–H and O–H groups in total. The van der Waals surface area contributed by atoms with E-state index in [0.717, 1.165) is 35.3 Å². The molecule has 2 rings (SSSR count). The second kappa shape index (κ2) is 7.82. The van der Waals surface area contributed by atoms with Crippen LogP contribution in [0.25, 0.3) is 0 Å². The normalized spacial score (nSPS) is 11.3. The zero-order valence-corrected chi connectivity index (χ0v) is 13.3. The second-order valence-corrected chi connectivity index (χ2v) is 5.52. The molecule has 0 unspecified atom stereocenters. The Morgan fingerprint density at radius 3 is 1.45 bits per heavy atom. The van der Waals surface area contributed by atoms with Gasteiger partial charge < -0.3 is 11.5 Å². The van der Waals surface area contributed by atoms with Gasteiger partial charge in [0, 0.05) is 0 Å². The van der Waals surface area contributed by atoms with Gasteiger partial charge in [-0.25, -0.2) is 0 Å². The first kappa shape index (κ1) is 16.3. The van der Waals surface area contributed by atoms with Gasteiger partial charge in [-0.05, 0) is 74.2 Å². The molecule has 22 heavy (non-hydrogen) atoms. The lowest BCUT2D eigenvalue weighted by molar-refractivity contribution is 0.964. The molecule has 0 bridgehead atoms. The van der Waals surface area contributed by atoms with Crippen LogP contribution in [-0.4, -0.2) is 13.1 Å². The lowest BCUT2D eigenvalue weighted by Gasteiger charge is -2.05. The topological polar surface area (TPSA) is 76.8 Å². The molecule has 0 saturated carbocycles.